The third-order valence-electron chi connectivity index (χ3n) is 4.27. The number of carboxylic acid groups (broad SMARTS) is 1. The maximum Gasteiger partial charge on any atom is 0.320 e. The summed E-state index contributed by atoms with van der Waals surface area (Å²) in [4.78, 5) is 13.5. The van der Waals surface area contributed by atoms with Crippen molar-refractivity contribution in [2.75, 3.05) is 6.54 Å². The van der Waals surface area contributed by atoms with Gasteiger partial charge in [-0.05, 0) is 49.4 Å². The maximum absolute atomic E-state index is 11.5. The third-order valence-corrected chi connectivity index (χ3v) is 4.62. The minimum absolute atomic E-state index is 0.383. The van der Waals surface area contributed by atoms with E-state index in [-0.39, 0.29) is 6.04 Å². The van der Waals surface area contributed by atoms with E-state index in [9.17, 15) is 9.90 Å². The van der Waals surface area contributed by atoms with Gasteiger partial charge < -0.3 is 5.11 Å². The second kappa shape index (κ2) is 6.59. The average Bonchev–Trinajstić information content (AvgIpc) is 2.42. The Labute approximate surface area is 125 Å². The zero-order valence-corrected chi connectivity index (χ0v) is 12.9. The van der Waals surface area contributed by atoms with E-state index in [0.717, 1.165) is 42.0 Å². The number of aryl methyl sites for hydroxylation is 1. The molecule has 1 aromatic rings. The van der Waals surface area contributed by atoms with Gasteiger partial charge >= 0.3 is 5.97 Å². The molecular weight excluding hydrogens is 274 g/mol. The first kappa shape index (κ1) is 15.3. The number of hydrogen-bond donors (Lipinski definition) is 1. The molecule has 3 nitrogen and oxygen atoms in total. The first-order chi connectivity index (χ1) is 9.51. The molecule has 110 valence electrons. The molecule has 1 heterocycles. The zero-order chi connectivity index (χ0) is 14.7. The molecule has 1 aliphatic rings. The van der Waals surface area contributed by atoms with E-state index in [0.29, 0.717) is 12.5 Å². The van der Waals surface area contributed by atoms with Crippen molar-refractivity contribution in [3.8, 4) is 0 Å². The van der Waals surface area contributed by atoms with E-state index in [1.54, 1.807) is 0 Å². The second-order valence-corrected chi connectivity index (χ2v) is 6.13. The van der Waals surface area contributed by atoms with Crippen LogP contribution in [0.4, 0.5) is 0 Å². The highest BCUT2D eigenvalue weighted by Gasteiger charge is 2.32. The first-order valence-corrected chi connectivity index (χ1v) is 7.61. The molecule has 0 spiro atoms. The monoisotopic (exact) mass is 295 g/mol. The van der Waals surface area contributed by atoms with E-state index >= 15 is 0 Å². The van der Waals surface area contributed by atoms with Crippen molar-refractivity contribution in [3.63, 3.8) is 0 Å². The number of piperidine rings is 1. The highest BCUT2D eigenvalue weighted by Crippen LogP contribution is 2.28. The summed E-state index contributed by atoms with van der Waals surface area (Å²) >= 11 is 6.26. The van der Waals surface area contributed by atoms with E-state index in [1.807, 2.05) is 30.0 Å². The fourth-order valence-electron chi connectivity index (χ4n) is 2.90. The van der Waals surface area contributed by atoms with Crippen molar-refractivity contribution in [3.05, 3.63) is 34.3 Å². The Morgan fingerprint density at radius 1 is 1.50 bits per heavy atom. The number of aliphatic carboxylic acids is 1. The highest BCUT2D eigenvalue weighted by atomic mass is 35.5. The number of halogens is 1. The predicted octanol–water partition coefficient (Wildman–Crippen LogP) is 3.72. The molecule has 2 atom stereocenters. The number of nitrogens with zero attached hydrogens (tertiary/aromatic N) is 1. The average molecular weight is 296 g/mol. The van der Waals surface area contributed by atoms with Crippen LogP contribution in [-0.2, 0) is 11.3 Å². The minimum Gasteiger partial charge on any atom is -0.480 e. The van der Waals surface area contributed by atoms with Crippen LogP contribution < -0.4 is 0 Å². The van der Waals surface area contributed by atoms with Gasteiger partial charge in [0.15, 0.2) is 0 Å². The molecule has 0 amide bonds. The molecule has 0 saturated carbocycles. The Balaban J connectivity index is 2.12. The SMILES string of the molecule is CCC1CCN(Cc2ccc(C)cc2Cl)C(C(=O)O)C1. The lowest BCUT2D eigenvalue weighted by Gasteiger charge is -2.37. The Morgan fingerprint density at radius 3 is 2.85 bits per heavy atom. The van der Waals surface area contributed by atoms with Crippen LogP contribution in [0.1, 0.15) is 37.3 Å². The standard InChI is InChI=1S/C16H22ClNO2/c1-3-12-6-7-18(15(9-12)16(19)20)10-13-5-4-11(2)8-14(13)17/h4-5,8,12,15H,3,6-7,9-10H2,1-2H3,(H,19,20). The lowest BCUT2D eigenvalue weighted by Crippen LogP contribution is -2.46. The molecule has 20 heavy (non-hydrogen) atoms. The number of hydrogen-bond acceptors (Lipinski definition) is 2. The van der Waals surface area contributed by atoms with Crippen LogP contribution in [-0.4, -0.2) is 28.6 Å². The molecule has 0 aliphatic carbocycles. The number of rotatable bonds is 4. The normalized spacial score (nSPS) is 23.8. The smallest absolute Gasteiger partial charge is 0.320 e. The molecule has 1 aromatic carbocycles. The topological polar surface area (TPSA) is 40.5 Å². The largest absolute Gasteiger partial charge is 0.480 e. The van der Waals surface area contributed by atoms with Gasteiger partial charge in [0.1, 0.15) is 6.04 Å². The van der Waals surface area contributed by atoms with Crippen LogP contribution in [0.2, 0.25) is 5.02 Å². The summed E-state index contributed by atoms with van der Waals surface area (Å²) in [5, 5.41) is 10.2. The van der Waals surface area contributed by atoms with Gasteiger partial charge in [-0.15, -0.1) is 0 Å². The van der Waals surface area contributed by atoms with Crippen molar-refractivity contribution in [2.45, 2.75) is 45.7 Å². The van der Waals surface area contributed by atoms with Gasteiger partial charge in [-0.3, -0.25) is 9.69 Å². The van der Waals surface area contributed by atoms with Crippen LogP contribution in [0.15, 0.2) is 18.2 Å². The van der Waals surface area contributed by atoms with Gasteiger partial charge in [-0.2, -0.15) is 0 Å². The molecule has 0 bridgehead atoms. The molecule has 0 radical (unpaired) electrons. The van der Waals surface area contributed by atoms with Gasteiger partial charge in [-0.25, -0.2) is 0 Å². The van der Waals surface area contributed by atoms with Crippen molar-refractivity contribution >= 4 is 17.6 Å². The highest BCUT2D eigenvalue weighted by molar-refractivity contribution is 6.31. The quantitative estimate of drug-likeness (QED) is 0.920. The molecule has 1 aliphatic heterocycles. The second-order valence-electron chi connectivity index (χ2n) is 5.72. The molecule has 0 aromatic heterocycles. The fraction of sp³-hybridized carbons (Fsp3) is 0.562. The summed E-state index contributed by atoms with van der Waals surface area (Å²) in [6.45, 7) is 5.59. The lowest BCUT2D eigenvalue weighted by molar-refractivity contribution is -0.145. The van der Waals surface area contributed by atoms with Crippen LogP contribution in [0.3, 0.4) is 0 Å². The van der Waals surface area contributed by atoms with Crippen LogP contribution in [0.25, 0.3) is 0 Å². The number of carboxylic acids is 1. The van der Waals surface area contributed by atoms with Crippen molar-refractivity contribution in [2.24, 2.45) is 5.92 Å². The predicted molar refractivity (Wildman–Crippen MR) is 81.0 cm³/mol. The summed E-state index contributed by atoms with van der Waals surface area (Å²) in [6.07, 6.45) is 2.88. The number of likely N-dealkylation sites (tertiary alicyclic amines) is 1. The minimum atomic E-state index is -0.716. The molecule has 1 N–H and O–H groups in total. The summed E-state index contributed by atoms with van der Waals surface area (Å²) in [5.41, 5.74) is 2.14. The molecule has 1 saturated heterocycles. The van der Waals surface area contributed by atoms with E-state index in [4.69, 9.17) is 11.6 Å². The molecule has 4 heteroatoms. The van der Waals surface area contributed by atoms with Crippen molar-refractivity contribution < 1.29 is 9.90 Å². The van der Waals surface area contributed by atoms with Crippen molar-refractivity contribution in [1.82, 2.24) is 4.90 Å². The van der Waals surface area contributed by atoms with Crippen LogP contribution in [0, 0.1) is 12.8 Å². The maximum atomic E-state index is 11.5. The van der Waals surface area contributed by atoms with Gasteiger partial charge in [0.05, 0.1) is 0 Å². The van der Waals surface area contributed by atoms with Gasteiger partial charge in [0, 0.05) is 11.6 Å². The Morgan fingerprint density at radius 2 is 2.25 bits per heavy atom. The zero-order valence-electron chi connectivity index (χ0n) is 12.1. The Bertz CT molecular complexity index is 489. The molecule has 1 fully saturated rings. The number of carbonyl (C=O) groups is 1. The van der Waals surface area contributed by atoms with Gasteiger partial charge in [0.25, 0.3) is 0 Å². The summed E-state index contributed by atoms with van der Waals surface area (Å²) < 4.78 is 0. The fourth-order valence-corrected chi connectivity index (χ4v) is 3.20. The van der Waals surface area contributed by atoms with Gasteiger partial charge in [-0.1, -0.05) is 37.1 Å². The van der Waals surface area contributed by atoms with Crippen molar-refractivity contribution in [1.29, 1.82) is 0 Å². The molecular formula is C16H22ClNO2. The van der Waals surface area contributed by atoms with Crippen LogP contribution >= 0.6 is 11.6 Å². The van der Waals surface area contributed by atoms with Crippen LogP contribution in [0.5, 0.6) is 0 Å². The van der Waals surface area contributed by atoms with E-state index in [2.05, 4.69) is 6.92 Å². The lowest BCUT2D eigenvalue weighted by atomic mass is 9.88. The Kier molecular flexibility index (Phi) is 5.06. The van der Waals surface area contributed by atoms with E-state index < -0.39 is 5.97 Å². The molecule has 2 unspecified atom stereocenters. The Hall–Kier alpha value is -1.06. The van der Waals surface area contributed by atoms with E-state index in [1.165, 1.54) is 0 Å². The summed E-state index contributed by atoms with van der Waals surface area (Å²) in [5.74, 6) is -0.188. The van der Waals surface area contributed by atoms with Gasteiger partial charge in [0.2, 0.25) is 0 Å². The number of benzene rings is 1. The summed E-state index contributed by atoms with van der Waals surface area (Å²) in [6, 6.07) is 5.58. The third kappa shape index (κ3) is 3.53. The molecule has 2 rings (SSSR count). The first-order valence-electron chi connectivity index (χ1n) is 7.23. The summed E-state index contributed by atoms with van der Waals surface area (Å²) in [7, 11) is 0.